The summed E-state index contributed by atoms with van der Waals surface area (Å²) in [6, 6.07) is 6.10. The predicted molar refractivity (Wildman–Crippen MR) is 72.0 cm³/mol. The van der Waals surface area contributed by atoms with Crippen molar-refractivity contribution in [1.82, 2.24) is 4.90 Å². The zero-order valence-electron chi connectivity index (χ0n) is 11.4. The van der Waals surface area contributed by atoms with E-state index < -0.39 is 0 Å². The van der Waals surface area contributed by atoms with Gasteiger partial charge >= 0.3 is 0 Å². The monoisotopic (exact) mass is 250 g/mol. The average Bonchev–Trinajstić information content (AvgIpc) is 2.26. The lowest BCUT2D eigenvalue weighted by atomic mass is 10.1. The molecule has 1 aromatic rings. The Morgan fingerprint density at radius 3 is 2.56 bits per heavy atom. The van der Waals surface area contributed by atoms with Crippen LogP contribution in [0.15, 0.2) is 18.2 Å². The first-order valence-corrected chi connectivity index (χ1v) is 6.30. The Morgan fingerprint density at radius 2 is 1.89 bits per heavy atom. The first kappa shape index (κ1) is 13.2. The highest BCUT2D eigenvalue weighted by molar-refractivity contribution is 5.43. The lowest BCUT2D eigenvalue weighted by Crippen LogP contribution is -2.43. The molecular weight excluding hydrogens is 228 g/mol. The van der Waals surface area contributed by atoms with Crippen LogP contribution >= 0.6 is 0 Å². The lowest BCUT2D eigenvalue weighted by Gasteiger charge is -2.27. The Morgan fingerprint density at radius 1 is 1.22 bits per heavy atom. The third kappa shape index (κ3) is 3.62. The molecule has 0 aromatic heterocycles. The maximum Gasteiger partial charge on any atom is 0.161 e. The van der Waals surface area contributed by atoms with Crippen molar-refractivity contribution in [3.05, 3.63) is 23.8 Å². The molecule has 2 rings (SSSR count). The third-order valence-electron chi connectivity index (χ3n) is 2.74. The second kappa shape index (κ2) is 5.16. The Kier molecular flexibility index (Phi) is 3.78. The van der Waals surface area contributed by atoms with Crippen molar-refractivity contribution in [2.45, 2.75) is 25.9 Å². The van der Waals surface area contributed by atoms with E-state index in [0.717, 1.165) is 24.6 Å². The Labute approximate surface area is 109 Å². The molecule has 0 unspecified atom stereocenters. The third-order valence-corrected chi connectivity index (χ3v) is 2.74. The Bertz CT molecular complexity index is 413. The number of nitrogens with zero attached hydrogens (tertiary/aromatic N) is 1. The summed E-state index contributed by atoms with van der Waals surface area (Å²) >= 11 is 0. The van der Waals surface area contributed by atoms with E-state index in [9.17, 15) is 0 Å². The quantitative estimate of drug-likeness (QED) is 0.882. The number of fused-ring (bicyclic) bond motifs is 1. The summed E-state index contributed by atoms with van der Waals surface area (Å²) in [5.41, 5.74) is 7.05. The summed E-state index contributed by atoms with van der Waals surface area (Å²) in [6.07, 6.45) is 0. The van der Waals surface area contributed by atoms with Crippen LogP contribution in [0.3, 0.4) is 0 Å². The van der Waals surface area contributed by atoms with E-state index >= 15 is 0 Å². The number of hydrogen-bond acceptors (Lipinski definition) is 4. The molecule has 0 spiro atoms. The second-order valence-corrected chi connectivity index (χ2v) is 5.64. The highest BCUT2D eigenvalue weighted by Crippen LogP contribution is 2.31. The smallest absolute Gasteiger partial charge is 0.161 e. The molecule has 0 bridgehead atoms. The second-order valence-electron chi connectivity index (χ2n) is 5.64. The van der Waals surface area contributed by atoms with Crippen LogP contribution < -0.4 is 15.2 Å². The van der Waals surface area contributed by atoms with Gasteiger partial charge in [0.2, 0.25) is 0 Å². The molecule has 4 heteroatoms. The van der Waals surface area contributed by atoms with Crippen LogP contribution in [0.4, 0.5) is 0 Å². The molecule has 18 heavy (non-hydrogen) atoms. The molecule has 1 aliphatic heterocycles. The number of ether oxygens (including phenoxy) is 2. The molecule has 100 valence electrons. The minimum absolute atomic E-state index is 0.178. The van der Waals surface area contributed by atoms with Crippen LogP contribution in [0.25, 0.3) is 0 Å². The standard InChI is InChI=1S/C14H22N2O2/c1-14(2,15)10-16(3)9-11-4-5-12-13(8-11)18-7-6-17-12/h4-5,8H,6-7,9-10,15H2,1-3H3. The van der Waals surface area contributed by atoms with Crippen molar-refractivity contribution in [1.29, 1.82) is 0 Å². The molecule has 0 fully saturated rings. The lowest BCUT2D eigenvalue weighted by molar-refractivity contribution is 0.171. The van der Waals surface area contributed by atoms with Gasteiger partial charge in [-0.3, -0.25) is 0 Å². The minimum Gasteiger partial charge on any atom is -0.486 e. The van der Waals surface area contributed by atoms with Crippen molar-refractivity contribution >= 4 is 0 Å². The van der Waals surface area contributed by atoms with Crippen molar-refractivity contribution in [3.8, 4) is 11.5 Å². The Hall–Kier alpha value is -1.26. The number of nitrogens with two attached hydrogens (primary N) is 1. The molecule has 1 heterocycles. The molecule has 0 atom stereocenters. The van der Waals surface area contributed by atoms with Crippen molar-refractivity contribution in [3.63, 3.8) is 0 Å². The van der Waals surface area contributed by atoms with Gasteiger partial charge in [0.15, 0.2) is 11.5 Å². The minimum atomic E-state index is -0.178. The number of benzene rings is 1. The van der Waals surface area contributed by atoms with Gasteiger partial charge in [-0.15, -0.1) is 0 Å². The number of likely N-dealkylation sites (N-methyl/N-ethyl adjacent to an activating group) is 1. The van der Waals surface area contributed by atoms with E-state index in [2.05, 4.69) is 24.1 Å². The van der Waals surface area contributed by atoms with Gasteiger partial charge in [0.1, 0.15) is 13.2 Å². The van der Waals surface area contributed by atoms with Crippen molar-refractivity contribution < 1.29 is 9.47 Å². The van der Waals surface area contributed by atoms with E-state index in [0.29, 0.717) is 13.2 Å². The summed E-state index contributed by atoms with van der Waals surface area (Å²) in [6.45, 7) is 7.04. The summed E-state index contributed by atoms with van der Waals surface area (Å²) in [5.74, 6) is 1.69. The maximum absolute atomic E-state index is 6.01. The first-order valence-electron chi connectivity index (χ1n) is 6.30. The average molecular weight is 250 g/mol. The fourth-order valence-electron chi connectivity index (χ4n) is 2.25. The number of hydrogen-bond donors (Lipinski definition) is 1. The van der Waals surface area contributed by atoms with Gasteiger partial charge in [-0.25, -0.2) is 0 Å². The molecule has 1 aromatic carbocycles. The van der Waals surface area contributed by atoms with Gasteiger partial charge < -0.3 is 20.1 Å². The molecule has 0 saturated heterocycles. The fourth-order valence-corrected chi connectivity index (χ4v) is 2.25. The van der Waals surface area contributed by atoms with Gasteiger partial charge in [0.25, 0.3) is 0 Å². The molecule has 4 nitrogen and oxygen atoms in total. The Balaban J connectivity index is 2.01. The van der Waals surface area contributed by atoms with Gasteiger partial charge in [-0.1, -0.05) is 6.07 Å². The fraction of sp³-hybridized carbons (Fsp3) is 0.571. The molecule has 2 N–H and O–H groups in total. The van der Waals surface area contributed by atoms with Gasteiger partial charge in [0, 0.05) is 18.6 Å². The summed E-state index contributed by atoms with van der Waals surface area (Å²) in [7, 11) is 2.07. The zero-order chi connectivity index (χ0) is 13.2. The van der Waals surface area contributed by atoms with E-state index in [1.54, 1.807) is 0 Å². The highest BCUT2D eigenvalue weighted by Gasteiger charge is 2.16. The van der Waals surface area contributed by atoms with Crippen LogP contribution in [-0.2, 0) is 6.54 Å². The first-order chi connectivity index (χ1) is 8.44. The van der Waals surface area contributed by atoms with Crippen molar-refractivity contribution in [2.75, 3.05) is 26.8 Å². The van der Waals surface area contributed by atoms with Crippen LogP contribution in [0.2, 0.25) is 0 Å². The van der Waals surface area contributed by atoms with Gasteiger partial charge in [-0.05, 0) is 38.6 Å². The SMILES string of the molecule is CN(Cc1ccc2c(c1)OCCO2)CC(C)(C)N. The van der Waals surface area contributed by atoms with E-state index in [-0.39, 0.29) is 5.54 Å². The van der Waals surface area contributed by atoms with Crippen LogP contribution in [-0.4, -0.2) is 37.2 Å². The normalized spacial score (nSPS) is 14.9. The zero-order valence-corrected chi connectivity index (χ0v) is 11.4. The van der Waals surface area contributed by atoms with E-state index in [4.69, 9.17) is 15.2 Å². The maximum atomic E-state index is 6.01. The van der Waals surface area contributed by atoms with Crippen molar-refractivity contribution in [2.24, 2.45) is 5.73 Å². The van der Waals surface area contributed by atoms with Gasteiger partial charge in [-0.2, -0.15) is 0 Å². The molecule has 1 aliphatic rings. The molecule has 0 saturated carbocycles. The van der Waals surface area contributed by atoms with E-state index in [1.165, 1.54) is 5.56 Å². The predicted octanol–water partition coefficient (Wildman–Crippen LogP) is 1.63. The van der Waals surface area contributed by atoms with E-state index in [1.807, 2.05) is 19.9 Å². The molecule has 0 amide bonds. The van der Waals surface area contributed by atoms with Crippen LogP contribution in [0, 0.1) is 0 Å². The summed E-state index contributed by atoms with van der Waals surface area (Å²) in [5, 5.41) is 0. The molecule has 0 aliphatic carbocycles. The van der Waals surface area contributed by atoms with Crippen LogP contribution in [0.1, 0.15) is 19.4 Å². The van der Waals surface area contributed by atoms with Crippen LogP contribution in [0.5, 0.6) is 11.5 Å². The molecule has 0 radical (unpaired) electrons. The highest BCUT2D eigenvalue weighted by atomic mass is 16.6. The summed E-state index contributed by atoms with van der Waals surface area (Å²) < 4.78 is 11.1. The topological polar surface area (TPSA) is 47.7 Å². The summed E-state index contributed by atoms with van der Waals surface area (Å²) in [4.78, 5) is 2.21. The molecular formula is C14H22N2O2. The largest absolute Gasteiger partial charge is 0.486 e. The number of rotatable bonds is 4. The van der Waals surface area contributed by atoms with Gasteiger partial charge in [0.05, 0.1) is 0 Å².